The molecule has 0 saturated carbocycles. The normalized spacial score (nSPS) is 13.8. The maximum atomic E-state index is 13.9. The molecule has 0 fully saturated rings. The maximum absolute atomic E-state index is 13.9. The Bertz CT molecular complexity index is 1630. The van der Waals surface area contributed by atoms with Gasteiger partial charge in [-0.15, -0.1) is 0 Å². The summed E-state index contributed by atoms with van der Waals surface area (Å²) in [4.78, 5) is 52.2. The molecular formula is C37H37N3O6. The van der Waals surface area contributed by atoms with E-state index in [0.29, 0.717) is 0 Å². The number of aliphatic hydroxyl groups excluding tert-OH is 1. The molecule has 0 heterocycles. The van der Waals surface area contributed by atoms with Crippen molar-refractivity contribution in [3.8, 4) is 11.1 Å². The van der Waals surface area contributed by atoms with Crippen molar-refractivity contribution < 1.29 is 29.0 Å². The Morgan fingerprint density at radius 2 is 1.22 bits per heavy atom. The van der Waals surface area contributed by atoms with Crippen LogP contribution < -0.4 is 16.4 Å². The smallest absolute Gasteiger partial charge is 0.407 e. The third kappa shape index (κ3) is 7.86. The molecule has 3 amide bonds. The molecule has 5 rings (SSSR count). The molecule has 0 bridgehead atoms. The predicted molar refractivity (Wildman–Crippen MR) is 174 cm³/mol. The highest BCUT2D eigenvalue weighted by molar-refractivity contribution is 5.93. The summed E-state index contributed by atoms with van der Waals surface area (Å²) < 4.78 is 5.74. The second-order valence-electron chi connectivity index (χ2n) is 11.4. The van der Waals surface area contributed by atoms with E-state index in [1.54, 1.807) is 0 Å². The first-order valence-corrected chi connectivity index (χ1v) is 15.3. The number of ether oxygens (including phenoxy) is 1. The Labute approximate surface area is 267 Å². The van der Waals surface area contributed by atoms with E-state index < -0.39 is 42.5 Å². The fourth-order valence-electron chi connectivity index (χ4n) is 5.92. The number of nitrogens with two attached hydrogens (primary N) is 1. The van der Waals surface area contributed by atoms with E-state index in [4.69, 9.17) is 10.5 Å². The van der Waals surface area contributed by atoms with Crippen LogP contribution in [0.15, 0.2) is 109 Å². The highest BCUT2D eigenvalue weighted by Crippen LogP contribution is 2.44. The number of ketones is 1. The molecule has 9 nitrogen and oxygen atoms in total. The van der Waals surface area contributed by atoms with Crippen LogP contribution in [0.1, 0.15) is 34.6 Å². The molecule has 4 aromatic carbocycles. The molecule has 9 heteroatoms. The number of carbonyl (C=O) groups is 4. The highest BCUT2D eigenvalue weighted by Gasteiger charge is 2.32. The molecule has 3 unspecified atom stereocenters. The molecule has 0 saturated heterocycles. The van der Waals surface area contributed by atoms with Gasteiger partial charge in [0, 0.05) is 18.3 Å². The summed E-state index contributed by atoms with van der Waals surface area (Å²) in [5.74, 6) is -2.92. The molecule has 5 N–H and O–H groups in total. The minimum Gasteiger partial charge on any atom is -0.449 e. The third-order valence-electron chi connectivity index (χ3n) is 8.29. The fraction of sp³-hybridized carbons (Fsp3) is 0.243. The van der Waals surface area contributed by atoms with E-state index in [0.717, 1.165) is 33.4 Å². The number of alkyl carbamates (subject to hydrolysis) is 1. The van der Waals surface area contributed by atoms with Crippen molar-refractivity contribution in [3.63, 3.8) is 0 Å². The standard InChI is InChI=1S/C37H37N3O6/c38-35(43)33(22-41)39-36(44)26(19-24-11-3-1-4-12-24)21-34(42)32(20-25-13-5-2-6-14-25)40-37(45)46-23-31-29-17-9-7-15-27(29)28-16-8-10-18-30(28)31/h1-18,26,31-33,41H,19-23H2,(H2,38,43)(H,39,44)(H,40,45). The molecular weight excluding hydrogens is 582 g/mol. The molecule has 46 heavy (non-hydrogen) atoms. The number of benzene rings is 4. The van der Waals surface area contributed by atoms with E-state index >= 15 is 0 Å². The molecule has 0 radical (unpaired) electrons. The van der Waals surface area contributed by atoms with Gasteiger partial charge in [-0.3, -0.25) is 14.4 Å². The summed E-state index contributed by atoms with van der Waals surface area (Å²) in [6.45, 7) is -0.589. The Morgan fingerprint density at radius 3 is 1.76 bits per heavy atom. The average molecular weight is 620 g/mol. The van der Waals surface area contributed by atoms with Gasteiger partial charge in [-0.2, -0.15) is 0 Å². The fourth-order valence-corrected chi connectivity index (χ4v) is 5.92. The number of carbonyl (C=O) groups excluding carboxylic acids is 4. The zero-order valence-corrected chi connectivity index (χ0v) is 25.3. The lowest BCUT2D eigenvalue weighted by atomic mass is 9.89. The van der Waals surface area contributed by atoms with Crippen molar-refractivity contribution in [1.29, 1.82) is 0 Å². The number of amides is 3. The van der Waals surface area contributed by atoms with Crippen molar-refractivity contribution in [3.05, 3.63) is 131 Å². The highest BCUT2D eigenvalue weighted by atomic mass is 16.5. The lowest BCUT2D eigenvalue weighted by molar-refractivity contribution is -0.133. The summed E-state index contributed by atoms with van der Waals surface area (Å²) in [6, 6.07) is 32.2. The number of fused-ring (bicyclic) bond motifs is 3. The average Bonchev–Trinajstić information content (AvgIpc) is 3.39. The summed E-state index contributed by atoms with van der Waals surface area (Å²) >= 11 is 0. The molecule has 0 aliphatic heterocycles. The number of primary amides is 1. The van der Waals surface area contributed by atoms with E-state index in [-0.39, 0.29) is 37.6 Å². The van der Waals surface area contributed by atoms with Crippen LogP contribution >= 0.6 is 0 Å². The SMILES string of the molecule is NC(=O)C(CO)NC(=O)C(CC(=O)C(Cc1ccccc1)NC(=O)OCC1c2ccccc2-c2ccccc21)Cc1ccccc1. The van der Waals surface area contributed by atoms with Crippen LogP contribution in [0.4, 0.5) is 4.79 Å². The van der Waals surface area contributed by atoms with Gasteiger partial charge in [-0.25, -0.2) is 4.79 Å². The minimum atomic E-state index is -1.29. The van der Waals surface area contributed by atoms with Gasteiger partial charge in [-0.1, -0.05) is 109 Å². The van der Waals surface area contributed by atoms with Gasteiger partial charge < -0.3 is 26.2 Å². The Morgan fingerprint density at radius 1 is 0.696 bits per heavy atom. The second kappa shape index (κ2) is 15.1. The van der Waals surface area contributed by atoms with Gasteiger partial charge in [-0.05, 0) is 46.2 Å². The molecule has 1 aliphatic carbocycles. The summed E-state index contributed by atoms with van der Waals surface area (Å²) in [5.41, 5.74) is 11.3. The van der Waals surface area contributed by atoms with Gasteiger partial charge in [0.1, 0.15) is 12.6 Å². The zero-order chi connectivity index (χ0) is 32.5. The van der Waals surface area contributed by atoms with Crippen molar-refractivity contribution in [1.82, 2.24) is 10.6 Å². The number of aliphatic hydroxyl groups is 1. The van der Waals surface area contributed by atoms with Crippen LogP contribution in [0.5, 0.6) is 0 Å². The first-order valence-electron chi connectivity index (χ1n) is 15.3. The van der Waals surface area contributed by atoms with E-state index in [9.17, 15) is 24.3 Å². The monoisotopic (exact) mass is 619 g/mol. The Balaban J connectivity index is 1.32. The molecule has 236 valence electrons. The van der Waals surface area contributed by atoms with Crippen LogP contribution in [-0.4, -0.2) is 54.1 Å². The first kappa shape index (κ1) is 32.1. The van der Waals surface area contributed by atoms with Crippen LogP contribution in [0, 0.1) is 5.92 Å². The summed E-state index contributed by atoms with van der Waals surface area (Å²) in [6.07, 6.45) is -0.601. The molecule has 1 aliphatic rings. The Kier molecular flexibility index (Phi) is 10.6. The number of nitrogens with one attached hydrogen (secondary N) is 2. The molecule has 4 aromatic rings. The third-order valence-corrected chi connectivity index (χ3v) is 8.29. The minimum absolute atomic E-state index is 0.0841. The quantitative estimate of drug-likeness (QED) is 0.168. The van der Waals surface area contributed by atoms with Gasteiger partial charge >= 0.3 is 6.09 Å². The molecule has 0 spiro atoms. The molecule has 0 aromatic heterocycles. The van der Waals surface area contributed by atoms with Crippen LogP contribution in [0.3, 0.4) is 0 Å². The van der Waals surface area contributed by atoms with Crippen molar-refractivity contribution in [2.75, 3.05) is 13.2 Å². The van der Waals surface area contributed by atoms with E-state index in [1.807, 2.05) is 97.1 Å². The van der Waals surface area contributed by atoms with Crippen molar-refractivity contribution in [2.24, 2.45) is 11.7 Å². The van der Waals surface area contributed by atoms with Gasteiger partial charge in [0.25, 0.3) is 0 Å². The van der Waals surface area contributed by atoms with Crippen LogP contribution in [-0.2, 0) is 32.0 Å². The van der Waals surface area contributed by atoms with Gasteiger partial charge in [0.05, 0.1) is 12.6 Å². The first-order chi connectivity index (χ1) is 22.3. The van der Waals surface area contributed by atoms with E-state index in [1.165, 1.54) is 0 Å². The number of rotatable bonds is 14. The number of Topliss-reactive ketones (excluding diaryl/α,β-unsaturated/α-hetero) is 1. The predicted octanol–water partition coefficient (Wildman–Crippen LogP) is 3.92. The van der Waals surface area contributed by atoms with E-state index in [2.05, 4.69) is 22.8 Å². The maximum Gasteiger partial charge on any atom is 0.407 e. The summed E-state index contributed by atoms with van der Waals surface area (Å²) in [7, 11) is 0. The van der Waals surface area contributed by atoms with Crippen LogP contribution in [0.25, 0.3) is 11.1 Å². The molecule has 3 atom stereocenters. The number of hydrogen-bond donors (Lipinski definition) is 4. The largest absolute Gasteiger partial charge is 0.449 e. The lowest BCUT2D eigenvalue weighted by Crippen LogP contribution is -2.50. The van der Waals surface area contributed by atoms with Gasteiger partial charge in [0.15, 0.2) is 5.78 Å². The zero-order valence-electron chi connectivity index (χ0n) is 25.3. The Hall–Kier alpha value is -5.28. The lowest BCUT2D eigenvalue weighted by Gasteiger charge is -2.23. The topological polar surface area (TPSA) is 148 Å². The van der Waals surface area contributed by atoms with Crippen molar-refractivity contribution in [2.45, 2.75) is 37.3 Å². The van der Waals surface area contributed by atoms with Crippen molar-refractivity contribution >= 4 is 23.7 Å². The second-order valence-corrected chi connectivity index (χ2v) is 11.4. The van der Waals surface area contributed by atoms with Crippen LogP contribution in [0.2, 0.25) is 0 Å². The number of hydrogen-bond acceptors (Lipinski definition) is 6. The summed E-state index contributed by atoms with van der Waals surface area (Å²) in [5, 5.41) is 14.8. The van der Waals surface area contributed by atoms with Gasteiger partial charge in [0.2, 0.25) is 11.8 Å².